The van der Waals surface area contributed by atoms with Gasteiger partial charge in [0.15, 0.2) is 0 Å². The number of nitrogens with two attached hydrogens (primary N) is 2. The second-order valence-electron chi connectivity index (χ2n) is 6.45. The van der Waals surface area contributed by atoms with E-state index in [0.29, 0.717) is 29.5 Å². The van der Waals surface area contributed by atoms with E-state index in [1.807, 2.05) is 0 Å². The van der Waals surface area contributed by atoms with Gasteiger partial charge in [0.05, 0.1) is 5.52 Å². The van der Waals surface area contributed by atoms with Crippen LogP contribution in [0.15, 0.2) is 42.5 Å². The van der Waals surface area contributed by atoms with Crippen molar-refractivity contribution in [3.05, 3.63) is 59.8 Å². The predicted molar refractivity (Wildman–Crippen MR) is 117 cm³/mol. The number of rotatable bonds is 7. The van der Waals surface area contributed by atoms with Gasteiger partial charge in [0.2, 0.25) is 0 Å². The van der Waals surface area contributed by atoms with Gasteiger partial charge in [-0.2, -0.15) is 0 Å². The summed E-state index contributed by atoms with van der Waals surface area (Å²) in [5.74, 6) is -1.25. The third kappa shape index (κ3) is 5.67. The Kier molecular flexibility index (Phi) is 9.52. The maximum Gasteiger partial charge on any atom is 0.268 e. The van der Waals surface area contributed by atoms with Crippen molar-refractivity contribution in [2.24, 2.45) is 11.5 Å². The normalized spacial score (nSPS) is 11.4. The molecule has 0 saturated heterocycles. The minimum absolute atomic E-state index is 0. The van der Waals surface area contributed by atoms with Crippen LogP contribution in [-0.4, -0.2) is 30.0 Å². The Morgan fingerprint density at radius 2 is 1.79 bits per heavy atom. The first-order valence-corrected chi connectivity index (χ1v) is 8.81. The average Bonchev–Trinajstić information content (AvgIpc) is 3.06. The maximum absolute atomic E-state index is 14.2. The van der Waals surface area contributed by atoms with Crippen molar-refractivity contribution in [1.82, 2.24) is 10.3 Å². The van der Waals surface area contributed by atoms with Crippen molar-refractivity contribution in [3.8, 4) is 11.1 Å². The highest BCUT2D eigenvalue weighted by Gasteiger charge is 2.21. The number of aromatic amines is 1. The SMILES string of the molecule is Cl.Cl.NCCC[C@H](N)CNC(=O)c1[nH]c2c(F)cccc2c1-c1ccc(F)cc1. The summed E-state index contributed by atoms with van der Waals surface area (Å²) in [4.78, 5) is 15.6. The second kappa shape index (κ2) is 11.1. The largest absolute Gasteiger partial charge is 0.349 e. The van der Waals surface area contributed by atoms with Crippen molar-refractivity contribution >= 4 is 41.6 Å². The molecule has 0 spiro atoms. The average molecular weight is 445 g/mol. The Morgan fingerprint density at radius 3 is 2.45 bits per heavy atom. The van der Waals surface area contributed by atoms with Gasteiger partial charge in [0, 0.05) is 23.5 Å². The number of fused-ring (bicyclic) bond motifs is 1. The third-order valence-corrected chi connectivity index (χ3v) is 4.45. The van der Waals surface area contributed by atoms with Gasteiger partial charge in [-0.1, -0.05) is 24.3 Å². The fourth-order valence-corrected chi connectivity index (χ4v) is 3.06. The van der Waals surface area contributed by atoms with E-state index < -0.39 is 11.7 Å². The van der Waals surface area contributed by atoms with E-state index >= 15 is 0 Å². The molecule has 0 saturated carbocycles. The molecule has 1 amide bonds. The molecule has 0 bridgehead atoms. The minimum Gasteiger partial charge on any atom is -0.349 e. The Morgan fingerprint density at radius 1 is 1.10 bits per heavy atom. The summed E-state index contributed by atoms with van der Waals surface area (Å²) in [7, 11) is 0. The fourth-order valence-electron chi connectivity index (χ4n) is 3.06. The lowest BCUT2D eigenvalue weighted by Gasteiger charge is -2.12. The number of hydrogen-bond donors (Lipinski definition) is 4. The van der Waals surface area contributed by atoms with Crippen LogP contribution in [0.3, 0.4) is 0 Å². The standard InChI is InChI=1S/C20H22F2N4O.2ClH/c21-13-8-6-12(7-9-13)17-15-4-1-5-16(22)18(15)26-19(17)20(27)25-11-14(24)3-2-10-23;;/h1,4-9,14,26H,2-3,10-11,23-24H2,(H,25,27);2*1H/t14-;;/m0../s1. The van der Waals surface area contributed by atoms with Crippen LogP contribution in [0.1, 0.15) is 23.3 Å². The smallest absolute Gasteiger partial charge is 0.268 e. The summed E-state index contributed by atoms with van der Waals surface area (Å²) in [6.45, 7) is 0.817. The first-order valence-electron chi connectivity index (χ1n) is 8.81. The van der Waals surface area contributed by atoms with Gasteiger partial charge in [-0.05, 0) is 43.1 Å². The van der Waals surface area contributed by atoms with Crippen molar-refractivity contribution in [2.75, 3.05) is 13.1 Å². The van der Waals surface area contributed by atoms with Crippen molar-refractivity contribution in [1.29, 1.82) is 0 Å². The lowest BCUT2D eigenvalue weighted by molar-refractivity contribution is 0.0947. The van der Waals surface area contributed by atoms with E-state index in [0.717, 1.165) is 6.42 Å². The lowest BCUT2D eigenvalue weighted by atomic mass is 10.0. The molecule has 0 unspecified atom stereocenters. The molecule has 1 atom stereocenters. The summed E-state index contributed by atoms with van der Waals surface area (Å²) in [5.41, 5.74) is 13.0. The topological polar surface area (TPSA) is 96.9 Å². The number of aromatic nitrogens is 1. The molecule has 2 aromatic carbocycles. The number of halogens is 4. The van der Waals surface area contributed by atoms with E-state index in [4.69, 9.17) is 11.5 Å². The molecule has 0 aliphatic heterocycles. The van der Waals surface area contributed by atoms with Gasteiger partial charge >= 0.3 is 0 Å². The van der Waals surface area contributed by atoms with Gasteiger partial charge < -0.3 is 21.8 Å². The second-order valence-corrected chi connectivity index (χ2v) is 6.45. The molecule has 5 nitrogen and oxygen atoms in total. The predicted octanol–water partition coefficient (Wildman–Crippen LogP) is 3.75. The van der Waals surface area contributed by atoms with Gasteiger partial charge in [-0.25, -0.2) is 8.78 Å². The molecule has 0 aliphatic carbocycles. The molecule has 158 valence electrons. The van der Waals surface area contributed by atoms with E-state index in [1.165, 1.54) is 18.2 Å². The monoisotopic (exact) mass is 444 g/mol. The summed E-state index contributed by atoms with van der Waals surface area (Å²) in [6, 6.07) is 10.1. The molecule has 1 heterocycles. The first kappa shape index (κ1) is 24.8. The van der Waals surface area contributed by atoms with E-state index in [2.05, 4.69) is 10.3 Å². The highest BCUT2D eigenvalue weighted by molar-refractivity contribution is 6.09. The fraction of sp³-hybridized carbons (Fsp3) is 0.250. The van der Waals surface area contributed by atoms with Gasteiger partial charge in [0.25, 0.3) is 5.91 Å². The van der Waals surface area contributed by atoms with Crippen molar-refractivity contribution in [2.45, 2.75) is 18.9 Å². The van der Waals surface area contributed by atoms with Crippen LogP contribution < -0.4 is 16.8 Å². The number of carbonyl (C=O) groups is 1. The lowest BCUT2D eigenvalue weighted by Crippen LogP contribution is -2.37. The molecule has 0 fully saturated rings. The number of amides is 1. The van der Waals surface area contributed by atoms with E-state index in [9.17, 15) is 13.6 Å². The highest BCUT2D eigenvalue weighted by atomic mass is 35.5. The van der Waals surface area contributed by atoms with E-state index in [-0.39, 0.29) is 54.4 Å². The number of para-hydroxylation sites is 1. The van der Waals surface area contributed by atoms with Crippen LogP contribution in [0.5, 0.6) is 0 Å². The van der Waals surface area contributed by atoms with E-state index in [1.54, 1.807) is 24.3 Å². The molecule has 9 heteroatoms. The van der Waals surface area contributed by atoms with Crippen LogP contribution >= 0.6 is 24.8 Å². The van der Waals surface area contributed by atoms with Crippen LogP contribution in [0.25, 0.3) is 22.0 Å². The Hall–Kier alpha value is -2.19. The molecule has 6 N–H and O–H groups in total. The molecule has 0 aliphatic rings. The highest BCUT2D eigenvalue weighted by Crippen LogP contribution is 2.33. The summed E-state index contributed by atoms with van der Waals surface area (Å²) < 4.78 is 27.5. The Balaban J connectivity index is 0.00000210. The Labute approximate surface area is 180 Å². The molecule has 3 aromatic rings. The third-order valence-electron chi connectivity index (χ3n) is 4.45. The van der Waals surface area contributed by atoms with Gasteiger partial charge in [-0.15, -0.1) is 24.8 Å². The molecular weight excluding hydrogens is 421 g/mol. The van der Waals surface area contributed by atoms with Crippen molar-refractivity contribution < 1.29 is 13.6 Å². The minimum atomic E-state index is -0.463. The first-order chi connectivity index (χ1) is 13.0. The molecule has 3 rings (SSSR count). The summed E-state index contributed by atoms with van der Waals surface area (Å²) >= 11 is 0. The van der Waals surface area contributed by atoms with Gasteiger partial charge in [-0.3, -0.25) is 4.79 Å². The summed E-state index contributed by atoms with van der Waals surface area (Å²) in [5, 5.41) is 3.33. The molecule has 1 aromatic heterocycles. The number of nitrogens with one attached hydrogen (secondary N) is 2. The zero-order valence-corrected chi connectivity index (χ0v) is 17.2. The number of benzene rings is 2. The Bertz CT molecular complexity index is 948. The maximum atomic E-state index is 14.2. The van der Waals surface area contributed by atoms with Crippen molar-refractivity contribution in [3.63, 3.8) is 0 Å². The van der Waals surface area contributed by atoms with Crippen LogP contribution in [-0.2, 0) is 0 Å². The van der Waals surface area contributed by atoms with Crippen LogP contribution in [0, 0.1) is 11.6 Å². The quantitative estimate of drug-likeness (QED) is 0.446. The molecule has 0 radical (unpaired) electrons. The van der Waals surface area contributed by atoms with Crippen LogP contribution in [0.4, 0.5) is 8.78 Å². The van der Waals surface area contributed by atoms with Gasteiger partial charge in [0.1, 0.15) is 17.3 Å². The molecular formula is C20H24Cl2F2N4O. The number of hydrogen-bond acceptors (Lipinski definition) is 3. The zero-order valence-electron chi connectivity index (χ0n) is 15.6. The van der Waals surface area contributed by atoms with Crippen LogP contribution in [0.2, 0.25) is 0 Å². The number of carbonyl (C=O) groups excluding carboxylic acids is 1. The number of H-pyrrole nitrogens is 1. The molecule has 29 heavy (non-hydrogen) atoms. The summed E-state index contributed by atoms with van der Waals surface area (Å²) in [6.07, 6.45) is 1.47. The zero-order chi connectivity index (χ0) is 19.4.